The molecule has 0 bridgehead atoms. The Kier molecular flexibility index (Phi) is 4.74. The molecule has 0 amide bonds. The van der Waals surface area contributed by atoms with E-state index in [-0.39, 0.29) is 0 Å². The number of thiophene rings is 1. The fourth-order valence-electron chi connectivity index (χ4n) is 3.27. The Morgan fingerprint density at radius 2 is 2.08 bits per heavy atom. The Morgan fingerprint density at radius 3 is 2.92 bits per heavy atom. The Labute approximate surface area is 146 Å². The molecule has 3 aromatic rings. The number of aromatic nitrogens is 2. The number of pyridine rings is 1. The van der Waals surface area contributed by atoms with E-state index < -0.39 is 0 Å². The maximum Gasteiger partial charge on any atom is 0.0719 e. The maximum atomic E-state index is 6.00. The van der Waals surface area contributed by atoms with E-state index in [9.17, 15) is 0 Å². The van der Waals surface area contributed by atoms with Crippen LogP contribution in [0.15, 0.2) is 60.4 Å². The van der Waals surface area contributed by atoms with Gasteiger partial charge in [-0.05, 0) is 41.3 Å². The van der Waals surface area contributed by atoms with Crippen LogP contribution in [-0.2, 0) is 24.4 Å². The summed E-state index contributed by atoms with van der Waals surface area (Å²) in [5.41, 5.74) is 2.54. The lowest BCUT2D eigenvalue weighted by Crippen LogP contribution is -2.38. The lowest BCUT2D eigenvalue weighted by atomic mass is 10.2. The average Bonchev–Trinajstić information content (AvgIpc) is 3.27. The lowest BCUT2D eigenvalue weighted by molar-refractivity contribution is 0.0591. The Balaban J connectivity index is 1.40. The van der Waals surface area contributed by atoms with Crippen LogP contribution < -0.4 is 0 Å². The molecule has 0 fully saturated rings. The van der Waals surface area contributed by atoms with Crippen molar-refractivity contribution in [3.8, 4) is 0 Å². The molecule has 1 aliphatic heterocycles. The van der Waals surface area contributed by atoms with Crippen molar-refractivity contribution >= 4 is 11.3 Å². The van der Waals surface area contributed by atoms with Gasteiger partial charge in [-0.15, -0.1) is 11.3 Å². The van der Waals surface area contributed by atoms with Crippen LogP contribution in [0.4, 0.5) is 0 Å². The van der Waals surface area contributed by atoms with Crippen LogP contribution in [0.25, 0.3) is 0 Å². The molecule has 24 heavy (non-hydrogen) atoms. The van der Waals surface area contributed by atoms with Crippen molar-refractivity contribution in [2.75, 3.05) is 13.2 Å². The van der Waals surface area contributed by atoms with Gasteiger partial charge in [0.2, 0.25) is 0 Å². The van der Waals surface area contributed by atoms with E-state index >= 15 is 0 Å². The van der Waals surface area contributed by atoms with Crippen molar-refractivity contribution in [1.29, 1.82) is 0 Å². The van der Waals surface area contributed by atoms with Crippen molar-refractivity contribution in [3.63, 3.8) is 0 Å². The quantitative estimate of drug-likeness (QED) is 0.686. The van der Waals surface area contributed by atoms with E-state index in [2.05, 4.69) is 50.3 Å². The normalized spacial score (nSPS) is 17.8. The molecule has 1 aliphatic rings. The first-order chi connectivity index (χ1) is 11.9. The highest BCUT2D eigenvalue weighted by Crippen LogP contribution is 2.25. The van der Waals surface area contributed by atoms with Gasteiger partial charge >= 0.3 is 0 Å². The predicted octanol–water partition coefficient (Wildman–Crippen LogP) is 3.72. The van der Waals surface area contributed by atoms with Crippen LogP contribution in [-0.4, -0.2) is 27.6 Å². The largest absolute Gasteiger partial charge is 0.375 e. The monoisotopic (exact) mass is 339 g/mol. The highest BCUT2D eigenvalue weighted by atomic mass is 32.1. The standard InChI is InChI=1S/C19H21N3OS/c1-3-17-11-21(13-19-4-2-10-24-19)12-18(22(17)9-1)15-23-14-16-5-7-20-8-6-16/h1-10,18H,11-15H2/t18-/m0/s1. The number of ether oxygens (including phenoxy) is 1. The number of fused-ring (bicyclic) bond motifs is 1. The van der Waals surface area contributed by atoms with Crippen LogP contribution in [0, 0.1) is 0 Å². The van der Waals surface area contributed by atoms with Crippen LogP contribution in [0.2, 0.25) is 0 Å². The molecule has 124 valence electrons. The summed E-state index contributed by atoms with van der Waals surface area (Å²) in [6.07, 6.45) is 5.80. The zero-order chi connectivity index (χ0) is 16.2. The van der Waals surface area contributed by atoms with Crippen LogP contribution in [0.5, 0.6) is 0 Å². The molecule has 0 saturated carbocycles. The van der Waals surface area contributed by atoms with E-state index in [1.165, 1.54) is 16.1 Å². The summed E-state index contributed by atoms with van der Waals surface area (Å²) in [5.74, 6) is 0. The molecular weight excluding hydrogens is 318 g/mol. The second kappa shape index (κ2) is 7.30. The molecular formula is C19H21N3OS. The van der Waals surface area contributed by atoms with Gasteiger partial charge in [-0.25, -0.2) is 0 Å². The Hall–Kier alpha value is -1.95. The molecule has 0 saturated heterocycles. The van der Waals surface area contributed by atoms with Gasteiger partial charge in [0.15, 0.2) is 0 Å². The van der Waals surface area contributed by atoms with Crippen molar-refractivity contribution < 1.29 is 4.74 Å². The third kappa shape index (κ3) is 3.59. The van der Waals surface area contributed by atoms with Gasteiger partial charge in [0.1, 0.15) is 0 Å². The van der Waals surface area contributed by atoms with Crippen molar-refractivity contribution in [2.45, 2.75) is 25.7 Å². The molecule has 0 aliphatic carbocycles. The second-order valence-electron chi connectivity index (χ2n) is 6.18. The first-order valence-corrected chi connectivity index (χ1v) is 9.13. The summed E-state index contributed by atoms with van der Waals surface area (Å²) in [4.78, 5) is 7.98. The molecule has 4 rings (SSSR count). The maximum absolute atomic E-state index is 6.00. The lowest BCUT2D eigenvalue weighted by Gasteiger charge is -2.34. The molecule has 5 heteroatoms. The predicted molar refractivity (Wildman–Crippen MR) is 95.8 cm³/mol. The van der Waals surface area contributed by atoms with Crippen molar-refractivity contribution in [1.82, 2.24) is 14.5 Å². The van der Waals surface area contributed by atoms with E-state index in [0.29, 0.717) is 12.6 Å². The zero-order valence-electron chi connectivity index (χ0n) is 13.5. The van der Waals surface area contributed by atoms with Crippen LogP contribution in [0.1, 0.15) is 22.2 Å². The molecule has 3 aromatic heterocycles. The smallest absolute Gasteiger partial charge is 0.0719 e. The van der Waals surface area contributed by atoms with Gasteiger partial charge in [0.25, 0.3) is 0 Å². The van der Waals surface area contributed by atoms with E-state index in [4.69, 9.17) is 4.74 Å². The van der Waals surface area contributed by atoms with Crippen molar-refractivity contribution in [3.05, 3.63) is 76.5 Å². The average molecular weight is 339 g/mol. The third-order valence-corrected chi connectivity index (χ3v) is 5.26. The van der Waals surface area contributed by atoms with Gasteiger partial charge in [0, 0.05) is 48.8 Å². The number of hydrogen-bond acceptors (Lipinski definition) is 4. The molecule has 4 nitrogen and oxygen atoms in total. The number of hydrogen-bond donors (Lipinski definition) is 0. The van der Waals surface area contributed by atoms with E-state index in [1.54, 1.807) is 0 Å². The van der Waals surface area contributed by atoms with Gasteiger partial charge in [-0.1, -0.05) is 6.07 Å². The summed E-state index contributed by atoms with van der Waals surface area (Å²) >= 11 is 1.83. The molecule has 0 unspecified atom stereocenters. The highest BCUT2D eigenvalue weighted by molar-refractivity contribution is 7.09. The zero-order valence-corrected chi connectivity index (χ0v) is 14.4. The fourth-order valence-corrected chi connectivity index (χ4v) is 4.01. The summed E-state index contributed by atoms with van der Waals surface area (Å²) in [6, 6.07) is 13.1. The minimum absolute atomic E-state index is 0.366. The number of rotatable bonds is 6. The molecule has 1 atom stereocenters. The van der Waals surface area contributed by atoms with Gasteiger partial charge in [-0.2, -0.15) is 0 Å². The molecule has 0 spiro atoms. The molecule has 0 radical (unpaired) electrons. The highest BCUT2D eigenvalue weighted by Gasteiger charge is 2.24. The van der Waals surface area contributed by atoms with Gasteiger partial charge < -0.3 is 9.30 Å². The number of nitrogens with zero attached hydrogens (tertiary/aromatic N) is 3. The van der Waals surface area contributed by atoms with E-state index in [0.717, 1.165) is 26.2 Å². The van der Waals surface area contributed by atoms with E-state index in [1.807, 2.05) is 35.9 Å². The Bertz CT molecular complexity index is 754. The van der Waals surface area contributed by atoms with Gasteiger partial charge in [0.05, 0.1) is 19.3 Å². The topological polar surface area (TPSA) is 30.3 Å². The molecule has 4 heterocycles. The minimum Gasteiger partial charge on any atom is -0.375 e. The summed E-state index contributed by atoms with van der Waals surface area (Å²) < 4.78 is 8.37. The SMILES string of the molecule is c1csc(CN2Cc3cccn3[C@H](COCc3ccncc3)C2)c1. The summed E-state index contributed by atoms with van der Waals surface area (Å²) in [7, 11) is 0. The minimum atomic E-state index is 0.366. The summed E-state index contributed by atoms with van der Waals surface area (Å²) in [6.45, 7) is 4.41. The molecule has 0 aromatic carbocycles. The molecule has 0 N–H and O–H groups in total. The van der Waals surface area contributed by atoms with Crippen molar-refractivity contribution in [2.24, 2.45) is 0 Å². The van der Waals surface area contributed by atoms with Crippen LogP contribution >= 0.6 is 11.3 Å². The first kappa shape index (κ1) is 15.6. The third-order valence-electron chi connectivity index (χ3n) is 4.40. The fraction of sp³-hybridized carbons (Fsp3) is 0.316. The summed E-state index contributed by atoms with van der Waals surface area (Å²) in [5, 5.41) is 2.15. The van der Waals surface area contributed by atoms with Gasteiger partial charge in [-0.3, -0.25) is 9.88 Å². The Morgan fingerprint density at radius 1 is 1.17 bits per heavy atom. The first-order valence-electron chi connectivity index (χ1n) is 8.25. The second-order valence-corrected chi connectivity index (χ2v) is 7.21. The van der Waals surface area contributed by atoms with Crippen LogP contribution in [0.3, 0.4) is 0 Å².